The van der Waals surface area contributed by atoms with Crippen molar-refractivity contribution in [2.24, 2.45) is 0 Å². The van der Waals surface area contributed by atoms with E-state index in [0.717, 1.165) is 44.1 Å². The predicted octanol–water partition coefficient (Wildman–Crippen LogP) is 8.18. The average molecular weight is 567 g/mol. The number of fused-ring (bicyclic) bond motifs is 4. The second-order valence-electron chi connectivity index (χ2n) is 10.6. The number of benzene rings is 5. The summed E-state index contributed by atoms with van der Waals surface area (Å²) >= 11 is 0. The lowest BCUT2D eigenvalue weighted by Gasteiger charge is -2.18. The van der Waals surface area contributed by atoms with E-state index in [4.69, 9.17) is 0 Å². The monoisotopic (exact) mass is 566 g/mol. The van der Waals surface area contributed by atoms with Crippen LogP contribution in [0.1, 0.15) is 26.3 Å². The number of amides is 2. The summed E-state index contributed by atoms with van der Waals surface area (Å²) in [5, 5.41) is 11.7. The normalized spacial score (nSPS) is 12.6. The quantitative estimate of drug-likeness (QED) is 0.201. The molecule has 2 amide bonds. The molecule has 2 aromatic heterocycles. The van der Waals surface area contributed by atoms with E-state index in [1.165, 1.54) is 4.90 Å². The van der Waals surface area contributed by atoms with E-state index in [9.17, 15) is 14.9 Å². The van der Waals surface area contributed by atoms with Crippen molar-refractivity contribution in [1.82, 2.24) is 9.55 Å². The molecule has 0 saturated carbocycles. The van der Waals surface area contributed by atoms with Crippen LogP contribution in [0.3, 0.4) is 0 Å². The summed E-state index contributed by atoms with van der Waals surface area (Å²) in [5.74, 6) is -0.709. The Balaban J connectivity index is 1.33. The molecule has 1 aliphatic heterocycles. The number of nitrogens with zero attached hydrogens (tertiary/aromatic N) is 4. The van der Waals surface area contributed by atoms with Crippen molar-refractivity contribution in [2.75, 3.05) is 4.90 Å². The number of carbonyl (C=O) groups excluding carboxylic acids is 2. The maximum Gasteiger partial charge on any atom is 0.268 e. The second-order valence-corrected chi connectivity index (χ2v) is 10.6. The Labute approximate surface area is 252 Å². The lowest BCUT2D eigenvalue weighted by molar-refractivity contribution is 0.0926. The van der Waals surface area contributed by atoms with Gasteiger partial charge in [-0.25, -0.2) is 4.90 Å². The summed E-state index contributed by atoms with van der Waals surface area (Å²) in [7, 11) is 0. The van der Waals surface area contributed by atoms with Crippen LogP contribution < -0.4 is 4.90 Å². The lowest BCUT2D eigenvalue weighted by Crippen LogP contribution is -2.30. The number of para-hydroxylation sites is 2. The van der Waals surface area contributed by atoms with Gasteiger partial charge in [0.15, 0.2) is 0 Å². The molecule has 0 N–H and O–H groups in total. The third-order valence-corrected chi connectivity index (χ3v) is 8.29. The Morgan fingerprint density at radius 3 is 2.18 bits per heavy atom. The lowest BCUT2D eigenvalue weighted by atomic mass is 10.0. The first-order chi connectivity index (χ1) is 21.7. The third-order valence-electron chi connectivity index (χ3n) is 8.29. The van der Waals surface area contributed by atoms with Gasteiger partial charge in [0.2, 0.25) is 0 Å². The number of aromatic nitrogens is 2. The molecule has 44 heavy (non-hydrogen) atoms. The van der Waals surface area contributed by atoms with Crippen molar-refractivity contribution < 1.29 is 9.59 Å². The Morgan fingerprint density at radius 1 is 0.591 bits per heavy atom. The molecule has 0 radical (unpaired) electrons. The molecule has 6 nitrogen and oxygen atoms in total. The minimum atomic E-state index is -0.361. The molecule has 0 fully saturated rings. The first-order valence-corrected chi connectivity index (χ1v) is 14.2. The number of hydrogen-bond acceptors (Lipinski definition) is 4. The summed E-state index contributed by atoms with van der Waals surface area (Å²) in [6.45, 7) is 0. The number of rotatable bonds is 4. The van der Waals surface area contributed by atoms with Crippen LogP contribution in [0, 0.1) is 11.3 Å². The van der Waals surface area contributed by atoms with Crippen molar-refractivity contribution in [3.8, 4) is 34.0 Å². The molecule has 0 saturated heterocycles. The molecular weight excluding hydrogens is 544 g/mol. The molecule has 3 heterocycles. The number of hydrogen-bond donors (Lipinski definition) is 0. The van der Waals surface area contributed by atoms with Gasteiger partial charge in [0.25, 0.3) is 11.8 Å². The predicted molar refractivity (Wildman–Crippen MR) is 172 cm³/mol. The minimum Gasteiger partial charge on any atom is -0.308 e. The van der Waals surface area contributed by atoms with Crippen LogP contribution in [0.5, 0.6) is 0 Å². The van der Waals surface area contributed by atoms with E-state index in [2.05, 4.69) is 21.7 Å². The number of imide groups is 1. The van der Waals surface area contributed by atoms with Gasteiger partial charge in [0.05, 0.1) is 45.2 Å². The molecule has 8 rings (SSSR count). The van der Waals surface area contributed by atoms with Gasteiger partial charge in [-0.15, -0.1) is 0 Å². The van der Waals surface area contributed by atoms with Crippen molar-refractivity contribution in [3.63, 3.8) is 0 Å². The first-order valence-electron chi connectivity index (χ1n) is 14.2. The van der Waals surface area contributed by atoms with Crippen molar-refractivity contribution in [1.29, 1.82) is 5.26 Å². The number of pyridine rings is 1. The maximum atomic E-state index is 14.3. The van der Waals surface area contributed by atoms with Gasteiger partial charge < -0.3 is 4.57 Å². The molecule has 0 spiro atoms. The number of nitriles is 1. The molecule has 0 atom stereocenters. The minimum absolute atomic E-state index is 0.348. The summed E-state index contributed by atoms with van der Waals surface area (Å²) in [5.41, 5.74) is 7.61. The van der Waals surface area contributed by atoms with Gasteiger partial charge in [-0.05, 0) is 53.6 Å². The topological polar surface area (TPSA) is 79.0 Å². The van der Waals surface area contributed by atoms with Crippen molar-refractivity contribution in [3.05, 3.63) is 150 Å². The molecule has 206 valence electrons. The standard InChI is InChI=1S/C38H22N4O2/c39-22-26-19-20-40-23-31(26)25-17-18-34-30(21-25)28-12-5-7-15-33(28)41(34)35-16-8-13-29-36(35)38(44)42(37(29)43)32-14-6-4-11-27(32)24-9-2-1-3-10-24/h1-21,23H. The van der Waals surface area contributed by atoms with E-state index < -0.39 is 0 Å². The van der Waals surface area contributed by atoms with Gasteiger partial charge in [-0.2, -0.15) is 5.26 Å². The molecule has 0 unspecified atom stereocenters. The van der Waals surface area contributed by atoms with E-state index in [1.54, 1.807) is 24.5 Å². The molecule has 7 aromatic rings. The van der Waals surface area contributed by atoms with Crippen LogP contribution in [-0.4, -0.2) is 21.4 Å². The van der Waals surface area contributed by atoms with Crippen molar-refractivity contribution in [2.45, 2.75) is 0 Å². The SMILES string of the molecule is N#Cc1ccncc1-c1ccc2c(c1)c1ccccc1n2-c1cccc2c1C(=O)N(c1ccccc1-c1ccccc1)C2=O. The zero-order valence-corrected chi connectivity index (χ0v) is 23.3. The van der Waals surface area contributed by atoms with E-state index in [1.807, 2.05) is 103 Å². The maximum absolute atomic E-state index is 14.3. The van der Waals surface area contributed by atoms with Crippen molar-refractivity contribution >= 4 is 39.3 Å². The molecule has 5 aromatic carbocycles. The molecular formula is C38H22N4O2. The Kier molecular flexibility index (Phi) is 5.71. The van der Waals surface area contributed by atoms with Gasteiger partial charge in [-0.1, -0.05) is 78.9 Å². The molecule has 6 heteroatoms. The zero-order valence-electron chi connectivity index (χ0n) is 23.3. The van der Waals surface area contributed by atoms with Crippen LogP contribution >= 0.6 is 0 Å². The fraction of sp³-hybridized carbons (Fsp3) is 0. The van der Waals surface area contributed by atoms with Gasteiger partial charge in [-0.3, -0.25) is 14.6 Å². The Bertz CT molecular complexity index is 2350. The van der Waals surface area contributed by atoms with Gasteiger partial charge in [0, 0.05) is 34.3 Å². The first kappa shape index (κ1) is 25.4. The van der Waals surface area contributed by atoms with E-state index in [0.29, 0.717) is 28.1 Å². The Hall–Kier alpha value is -6.32. The molecule has 1 aliphatic rings. The largest absolute Gasteiger partial charge is 0.308 e. The zero-order chi connectivity index (χ0) is 29.8. The average Bonchev–Trinajstić information content (AvgIpc) is 3.55. The highest BCUT2D eigenvalue weighted by molar-refractivity contribution is 6.36. The summed E-state index contributed by atoms with van der Waals surface area (Å²) in [4.78, 5) is 33.9. The van der Waals surface area contributed by atoms with Crippen LogP contribution in [0.4, 0.5) is 5.69 Å². The fourth-order valence-electron chi connectivity index (χ4n) is 6.33. The van der Waals surface area contributed by atoms with Crippen LogP contribution in [0.25, 0.3) is 49.7 Å². The van der Waals surface area contributed by atoms with Crippen LogP contribution in [0.15, 0.2) is 134 Å². The van der Waals surface area contributed by atoms with E-state index >= 15 is 0 Å². The number of anilines is 1. The highest BCUT2D eigenvalue weighted by atomic mass is 16.2. The Morgan fingerprint density at radius 2 is 1.32 bits per heavy atom. The molecule has 0 bridgehead atoms. The van der Waals surface area contributed by atoms with Gasteiger partial charge in [0.1, 0.15) is 0 Å². The smallest absolute Gasteiger partial charge is 0.268 e. The van der Waals surface area contributed by atoms with Gasteiger partial charge >= 0.3 is 0 Å². The fourth-order valence-corrected chi connectivity index (χ4v) is 6.33. The second kappa shape index (κ2) is 9.90. The summed E-state index contributed by atoms with van der Waals surface area (Å²) < 4.78 is 2.06. The number of carbonyl (C=O) groups is 2. The highest BCUT2D eigenvalue weighted by Gasteiger charge is 2.40. The highest BCUT2D eigenvalue weighted by Crippen LogP contribution is 2.41. The molecule has 0 aliphatic carbocycles. The van der Waals surface area contributed by atoms with E-state index in [-0.39, 0.29) is 11.8 Å². The summed E-state index contributed by atoms with van der Waals surface area (Å²) in [6, 6.07) is 40.7. The summed E-state index contributed by atoms with van der Waals surface area (Å²) in [6.07, 6.45) is 3.32. The van der Waals surface area contributed by atoms with Crippen LogP contribution in [0.2, 0.25) is 0 Å². The van der Waals surface area contributed by atoms with Crippen LogP contribution in [-0.2, 0) is 0 Å². The third kappa shape index (κ3) is 3.70.